The molecule has 0 bridgehead atoms. The standard InChI is InChI=1S/C37H39F6N3O6/c1-22(2)24-9-10-31(48-3)30(14-24)29-17-33(50-5)32(49-4)15-25(29)21-46(35-44-18-28(19-45-35)52-11-7-8-34(47)51-6)20-23-12-26(36(38,39)40)16-27(13-23)37(41,42)43/h9-10,12-19,22H,7-8,11,20-21H2,1-6H3. The van der Waals surface area contributed by atoms with Gasteiger partial charge in [-0.1, -0.05) is 19.9 Å². The number of carbonyl (C=O) groups excluding carboxylic acids is 1. The van der Waals surface area contributed by atoms with E-state index in [2.05, 4.69) is 14.7 Å². The molecule has 52 heavy (non-hydrogen) atoms. The van der Waals surface area contributed by atoms with Crippen molar-refractivity contribution in [3.8, 4) is 34.1 Å². The Kier molecular flexibility index (Phi) is 12.8. The monoisotopic (exact) mass is 735 g/mol. The van der Waals surface area contributed by atoms with Gasteiger partial charge < -0.3 is 28.6 Å². The number of carbonyl (C=O) groups is 1. The number of hydrogen-bond acceptors (Lipinski definition) is 9. The molecular formula is C37H39F6N3O6. The van der Waals surface area contributed by atoms with Crippen molar-refractivity contribution in [2.45, 2.75) is 58.0 Å². The zero-order valence-corrected chi connectivity index (χ0v) is 29.4. The van der Waals surface area contributed by atoms with Crippen LogP contribution in [0.25, 0.3) is 11.1 Å². The third kappa shape index (κ3) is 9.98. The molecule has 3 aromatic carbocycles. The summed E-state index contributed by atoms with van der Waals surface area (Å²) in [5.74, 6) is 1.17. The van der Waals surface area contributed by atoms with E-state index in [0.717, 1.165) is 5.56 Å². The van der Waals surface area contributed by atoms with E-state index in [1.54, 1.807) is 12.1 Å². The van der Waals surface area contributed by atoms with Gasteiger partial charge in [0.2, 0.25) is 5.95 Å². The van der Waals surface area contributed by atoms with Gasteiger partial charge >= 0.3 is 18.3 Å². The summed E-state index contributed by atoms with van der Waals surface area (Å²) in [6.45, 7) is 3.62. The number of ether oxygens (including phenoxy) is 5. The lowest BCUT2D eigenvalue weighted by molar-refractivity contribution is -0.143. The van der Waals surface area contributed by atoms with Gasteiger partial charge in [-0.05, 0) is 77.1 Å². The first-order chi connectivity index (χ1) is 24.6. The van der Waals surface area contributed by atoms with Gasteiger partial charge in [0.05, 0.1) is 58.6 Å². The van der Waals surface area contributed by atoms with Crippen molar-refractivity contribution in [2.75, 3.05) is 39.9 Å². The minimum absolute atomic E-state index is 0.0171. The Morgan fingerprint density at radius 2 is 1.35 bits per heavy atom. The minimum atomic E-state index is -5.04. The molecular weight excluding hydrogens is 696 g/mol. The molecule has 0 aliphatic carbocycles. The maximum Gasteiger partial charge on any atom is 0.416 e. The zero-order chi connectivity index (χ0) is 38.2. The Balaban J connectivity index is 1.86. The molecule has 1 heterocycles. The van der Waals surface area contributed by atoms with Crippen molar-refractivity contribution in [1.29, 1.82) is 0 Å². The summed E-state index contributed by atoms with van der Waals surface area (Å²) >= 11 is 0. The summed E-state index contributed by atoms with van der Waals surface area (Å²) in [5, 5.41) is 0. The third-order valence-electron chi connectivity index (χ3n) is 8.09. The van der Waals surface area contributed by atoms with Crippen LogP contribution < -0.4 is 23.8 Å². The maximum absolute atomic E-state index is 13.9. The second kappa shape index (κ2) is 16.9. The predicted octanol–water partition coefficient (Wildman–Crippen LogP) is 8.87. The molecule has 0 unspecified atom stereocenters. The topological polar surface area (TPSA) is 92.2 Å². The highest BCUT2D eigenvalue weighted by Gasteiger charge is 2.37. The van der Waals surface area contributed by atoms with Gasteiger partial charge in [-0.3, -0.25) is 4.79 Å². The number of halogens is 6. The fraction of sp³-hybridized carbons (Fsp3) is 0.378. The van der Waals surface area contributed by atoms with E-state index in [1.807, 2.05) is 32.0 Å². The summed E-state index contributed by atoms with van der Waals surface area (Å²) in [5.41, 5.74) is -0.372. The molecule has 15 heteroatoms. The third-order valence-corrected chi connectivity index (χ3v) is 8.09. The van der Waals surface area contributed by atoms with Gasteiger partial charge in [0.25, 0.3) is 0 Å². The Bertz CT molecular complexity index is 1800. The van der Waals surface area contributed by atoms with Crippen LogP contribution in [0.2, 0.25) is 0 Å². The summed E-state index contributed by atoms with van der Waals surface area (Å²) in [6.07, 6.45) is -6.96. The molecule has 4 rings (SSSR count). The van der Waals surface area contributed by atoms with Crippen LogP contribution in [0.4, 0.5) is 32.3 Å². The number of benzene rings is 3. The van der Waals surface area contributed by atoms with E-state index < -0.39 is 36.0 Å². The van der Waals surface area contributed by atoms with E-state index in [1.165, 1.54) is 45.7 Å². The molecule has 0 saturated carbocycles. The second-order valence-corrected chi connectivity index (χ2v) is 12.0. The molecule has 1 aromatic heterocycles. The second-order valence-electron chi connectivity index (χ2n) is 12.0. The first-order valence-corrected chi connectivity index (χ1v) is 16.1. The van der Waals surface area contributed by atoms with Crippen LogP contribution in [0.3, 0.4) is 0 Å². The normalized spacial score (nSPS) is 11.7. The molecule has 280 valence electrons. The maximum atomic E-state index is 13.9. The van der Waals surface area contributed by atoms with E-state index in [4.69, 9.17) is 18.9 Å². The van der Waals surface area contributed by atoms with Crippen LogP contribution in [0, 0.1) is 0 Å². The van der Waals surface area contributed by atoms with Crippen molar-refractivity contribution in [3.63, 3.8) is 0 Å². The van der Waals surface area contributed by atoms with Crippen LogP contribution in [0.1, 0.15) is 60.4 Å². The number of nitrogens with zero attached hydrogens (tertiary/aromatic N) is 3. The van der Waals surface area contributed by atoms with Crippen LogP contribution in [-0.4, -0.2) is 51.0 Å². The molecule has 0 N–H and O–H groups in total. The molecule has 4 aromatic rings. The number of hydrogen-bond donors (Lipinski definition) is 0. The molecule has 0 aliphatic rings. The van der Waals surface area contributed by atoms with Gasteiger partial charge in [-0.25, -0.2) is 9.97 Å². The fourth-order valence-electron chi connectivity index (χ4n) is 5.39. The molecule has 0 radical (unpaired) electrons. The summed E-state index contributed by atoms with van der Waals surface area (Å²) in [6, 6.07) is 10.5. The number of esters is 1. The molecule has 0 amide bonds. The Morgan fingerprint density at radius 3 is 1.88 bits per heavy atom. The zero-order valence-electron chi connectivity index (χ0n) is 29.4. The van der Waals surface area contributed by atoms with E-state index in [9.17, 15) is 31.1 Å². The first kappa shape index (κ1) is 39.6. The van der Waals surface area contributed by atoms with Crippen molar-refractivity contribution in [1.82, 2.24) is 9.97 Å². The lowest BCUT2D eigenvalue weighted by Crippen LogP contribution is -2.25. The van der Waals surface area contributed by atoms with Gasteiger partial charge in [-0.2, -0.15) is 26.3 Å². The van der Waals surface area contributed by atoms with Crippen LogP contribution >= 0.6 is 0 Å². The van der Waals surface area contributed by atoms with Crippen LogP contribution in [0.5, 0.6) is 23.0 Å². The number of alkyl halides is 6. The average Bonchev–Trinajstić information content (AvgIpc) is 3.11. The van der Waals surface area contributed by atoms with Gasteiger partial charge in [0.15, 0.2) is 17.2 Å². The van der Waals surface area contributed by atoms with E-state index >= 15 is 0 Å². The molecule has 0 spiro atoms. The SMILES string of the molecule is COC(=O)CCCOc1cnc(N(Cc2cc(C(F)(F)F)cc(C(F)(F)F)c2)Cc2cc(OC)c(OC)cc2-c2cc(C(C)C)ccc2OC)nc1. The number of rotatable bonds is 15. The van der Waals surface area contributed by atoms with Crippen LogP contribution in [-0.2, 0) is 35.0 Å². The Hall–Kier alpha value is -5.21. The summed E-state index contributed by atoms with van der Waals surface area (Å²) < 4.78 is 110. The van der Waals surface area contributed by atoms with Crippen LogP contribution in [0.15, 0.2) is 60.9 Å². The Morgan fingerprint density at radius 1 is 0.750 bits per heavy atom. The predicted molar refractivity (Wildman–Crippen MR) is 181 cm³/mol. The molecule has 0 saturated heterocycles. The van der Waals surface area contributed by atoms with Crippen molar-refractivity contribution >= 4 is 11.9 Å². The lowest BCUT2D eigenvalue weighted by atomic mass is 9.93. The van der Waals surface area contributed by atoms with Crippen molar-refractivity contribution < 1.29 is 54.8 Å². The van der Waals surface area contributed by atoms with E-state index in [-0.39, 0.29) is 48.8 Å². The van der Waals surface area contributed by atoms with Gasteiger partial charge in [0.1, 0.15) is 5.75 Å². The number of methoxy groups -OCH3 is 4. The summed E-state index contributed by atoms with van der Waals surface area (Å²) in [4.78, 5) is 21.6. The van der Waals surface area contributed by atoms with Gasteiger partial charge in [0, 0.05) is 25.1 Å². The van der Waals surface area contributed by atoms with Gasteiger partial charge in [-0.15, -0.1) is 0 Å². The quantitative estimate of drug-likeness (QED) is 0.0675. The average molecular weight is 736 g/mol. The highest BCUT2D eigenvalue weighted by Crippen LogP contribution is 2.42. The fourth-order valence-corrected chi connectivity index (χ4v) is 5.39. The van der Waals surface area contributed by atoms with Crippen molar-refractivity contribution in [3.05, 3.63) is 88.7 Å². The smallest absolute Gasteiger partial charge is 0.416 e. The molecule has 0 fully saturated rings. The highest BCUT2D eigenvalue weighted by molar-refractivity contribution is 5.77. The largest absolute Gasteiger partial charge is 0.496 e. The Labute approximate surface area is 297 Å². The highest BCUT2D eigenvalue weighted by atomic mass is 19.4. The number of anilines is 1. The van der Waals surface area contributed by atoms with E-state index in [0.29, 0.717) is 52.5 Å². The number of aromatic nitrogens is 2. The lowest BCUT2D eigenvalue weighted by Gasteiger charge is -2.26. The molecule has 9 nitrogen and oxygen atoms in total. The first-order valence-electron chi connectivity index (χ1n) is 16.1. The molecule has 0 aliphatic heterocycles. The minimum Gasteiger partial charge on any atom is -0.496 e. The molecule has 0 atom stereocenters. The summed E-state index contributed by atoms with van der Waals surface area (Å²) in [7, 11) is 5.69. The van der Waals surface area contributed by atoms with Crippen molar-refractivity contribution in [2.24, 2.45) is 0 Å².